The van der Waals surface area contributed by atoms with Crippen LogP contribution < -0.4 is 10.9 Å². The van der Waals surface area contributed by atoms with E-state index in [0.717, 1.165) is 28.6 Å². The Morgan fingerprint density at radius 3 is 2.59 bits per heavy atom. The molecule has 1 atom stereocenters. The van der Waals surface area contributed by atoms with E-state index in [9.17, 15) is 9.59 Å². The lowest BCUT2D eigenvalue weighted by atomic mass is 9.76. The molecular weight excluding hydrogens is 338 g/mol. The minimum atomic E-state index is -0.756. The van der Waals surface area contributed by atoms with Crippen molar-refractivity contribution in [3.05, 3.63) is 71.7 Å². The Morgan fingerprint density at radius 2 is 1.89 bits per heavy atom. The molecule has 5 heteroatoms. The van der Waals surface area contributed by atoms with Gasteiger partial charge in [0.05, 0.1) is 5.41 Å². The summed E-state index contributed by atoms with van der Waals surface area (Å²) >= 11 is 0. The smallest absolute Gasteiger partial charge is 0.252 e. The molecule has 5 nitrogen and oxygen atoms in total. The summed E-state index contributed by atoms with van der Waals surface area (Å²) in [4.78, 5) is 28.0. The molecule has 3 aromatic rings. The van der Waals surface area contributed by atoms with Gasteiger partial charge in [-0.25, -0.2) is 0 Å². The Morgan fingerprint density at radius 1 is 1.11 bits per heavy atom. The lowest BCUT2D eigenvalue weighted by Gasteiger charge is -2.32. The van der Waals surface area contributed by atoms with Crippen molar-refractivity contribution in [3.8, 4) is 11.3 Å². The van der Waals surface area contributed by atoms with E-state index in [1.54, 1.807) is 6.07 Å². The predicted octanol–water partition coefficient (Wildman–Crippen LogP) is 3.50. The lowest BCUT2D eigenvalue weighted by Crippen LogP contribution is -2.49. The summed E-state index contributed by atoms with van der Waals surface area (Å²) < 4.78 is 2.06. The van der Waals surface area contributed by atoms with E-state index in [0.29, 0.717) is 18.5 Å². The molecule has 0 radical (unpaired) electrons. The van der Waals surface area contributed by atoms with Crippen molar-refractivity contribution in [3.63, 3.8) is 0 Å². The summed E-state index contributed by atoms with van der Waals surface area (Å²) in [5, 5.41) is 4.00. The van der Waals surface area contributed by atoms with Gasteiger partial charge < -0.3 is 14.9 Å². The third-order valence-corrected chi connectivity index (χ3v) is 5.34. The quantitative estimate of drug-likeness (QED) is 0.684. The molecule has 2 N–H and O–H groups in total. The molecule has 1 unspecified atom stereocenters. The molecule has 1 aromatic carbocycles. The summed E-state index contributed by atoms with van der Waals surface area (Å²) in [5.41, 5.74) is 2.46. The first-order valence-corrected chi connectivity index (χ1v) is 9.07. The first-order chi connectivity index (χ1) is 13.0. The zero-order valence-corrected chi connectivity index (χ0v) is 15.8. The lowest BCUT2D eigenvalue weighted by molar-refractivity contribution is -0.128. The van der Waals surface area contributed by atoms with Gasteiger partial charge in [0.25, 0.3) is 5.56 Å². The number of nitrogens with one attached hydrogen (secondary N) is 2. The Kier molecular flexibility index (Phi) is 5.04. The van der Waals surface area contributed by atoms with E-state index in [2.05, 4.69) is 40.2 Å². The van der Waals surface area contributed by atoms with Gasteiger partial charge in [-0.15, -0.1) is 13.2 Å². The molecule has 1 fully saturated rings. The molecule has 1 amide bonds. The highest BCUT2D eigenvalue weighted by Gasteiger charge is 2.39. The van der Waals surface area contributed by atoms with Crippen molar-refractivity contribution in [1.29, 1.82) is 0 Å². The van der Waals surface area contributed by atoms with Crippen LogP contribution in [0, 0.1) is 0 Å². The highest BCUT2D eigenvalue weighted by molar-refractivity contribution is 5.88. The Hall–Kier alpha value is -3.08. The maximum atomic E-state index is 12.7. The number of benzene rings is 1. The molecule has 1 aliphatic rings. The fourth-order valence-electron chi connectivity index (χ4n) is 3.74. The summed E-state index contributed by atoms with van der Waals surface area (Å²) in [5.74, 6) is -0.0669. The summed E-state index contributed by atoms with van der Waals surface area (Å²) in [6.45, 7) is 8.53. The van der Waals surface area contributed by atoms with Gasteiger partial charge in [-0.3, -0.25) is 9.59 Å². The zero-order chi connectivity index (χ0) is 19.6. The fourth-order valence-corrected chi connectivity index (χ4v) is 3.74. The summed E-state index contributed by atoms with van der Waals surface area (Å²) in [7, 11) is 2.01. The Labute approximate surface area is 158 Å². The molecule has 1 saturated heterocycles. The van der Waals surface area contributed by atoms with Gasteiger partial charge in [-0.05, 0) is 49.6 Å². The monoisotopic (exact) mass is 363 g/mol. The third-order valence-electron chi connectivity index (χ3n) is 5.34. The van der Waals surface area contributed by atoms with Crippen LogP contribution >= 0.6 is 0 Å². The topological polar surface area (TPSA) is 66.9 Å². The van der Waals surface area contributed by atoms with E-state index < -0.39 is 5.41 Å². The van der Waals surface area contributed by atoms with E-state index in [1.165, 1.54) is 0 Å². The molecule has 3 heterocycles. The molecule has 1 aliphatic heterocycles. The van der Waals surface area contributed by atoms with Gasteiger partial charge in [-0.1, -0.05) is 12.1 Å². The number of carbonyl (C=O) groups is 1. The minimum absolute atomic E-state index is 0.0669. The predicted molar refractivity (Wildman–Crippen MR) is 110 cm³/mol. The van der Waals surface area contributed by atoms with Gasteiger partial charge in [0.1, 0.15) is 0 Å². The molecule has 2 aromatic heterocycles. The maximum absolute atomic E-state index is 12.7. The second-order valence-corrected chi connectivity index (χ2v) is 7.01. The fraction of sp³-hybridized carbons (Fsp3) is 0.273. The van der Waals surface area contributed by atoms with Gasteiger partial charge >= 0.3 is 0 Å². The summed E-state index contributed by atoms with van der Waals surface area (Å²) in [6.07, 6.45) is 3.59. The van der Waals surface area contributed by atoms with Crippen LogP contribution in [-0.4, -0.2) is 22.0 Å². The van der Waals surface area contributed by atoms with Crippen molar-refractivity contribution < 1.29 is 4.79 Å². The first kappa shape index (κ1) is 18.7. The molecule has 0 spiro atoms. The van der Waals surface area contributed by atoms with Crippen LogP contribution in [0.15, 0.2) is 60.5 Å². The van der Waals surface area contributed by atoms with Crippen LogP contribution in [0.25, 0.3) is 22.2 Å². The van der Waals surface area contributed by atoms with Crippen LogP contribution in [0.5, 0.6) is 0 Å². The third kappa shape index (κ3) is 3.21. The molecule has 27 heavy (non-hydrogen) atoms. The van der Waals surface area contributed by atoms with Crippen molar-refractivity contribution in [2.75, 3.05) is 6.54 Å². The number of hydrogen-bond donors (Lipinski definition) is 2. The molecule has 140 valence electrons. The summed E-state index contributed by atoms with van der Waals surface area (Å²) in [6, 6.07) is 11.9. The Balaban J connectivity index is 0.00000102. The van der Waals surface area contributed by atoms with Crippen molar-refractivity contribution >= 4 is 16.8 Å². The van der Waals surface area contributed by atoms with Crippen LogP contribution in [0.4, 0.5) is 0 Å². The largest absolute Gasteiger partial charge is 0.355 e. The molecule has 0 bridgehead atoms. The molecule has 0 aliphatic carbocycles. The van der Waals surface area contributed by atoms with Crippen LogP contribution in [0.3, 0.4) is 0 Å². The number of H-pyrrole nitrogens is 1. The number of amides is 1. The number of piperidine rings is 1. The van der Waals surface area contributed by atoms with Crippen LogP contribution in [0.2, 0.25) is 0 Å². The molecule has 4 rings (SSSR count). The highest BCUT2D eigenvalue weighted by atomic mass is 16.2. The number of carbonyl (C=O) groups excluding carboxylic acids is 1. The van der Waals surface area contributed by atoms with E-state index in [4.69, 9.17) is 0 Å². The molecular formula is C22H25N3O2. The van der Waals surface area contributed by atoms with E-state index >= 15 is 0 Å². The average molecular weight is 363 g/mol. The zero-order valence-electron chi connectivity index (χ0n) is 15.8. The number of rotatable bonds is 2. The number of hydrogen-bond acceptors (Lipinski definition) is 2. The molecule has 0 saturated carbocycles. The first-order valence-electron chi connectivity index (χ1n) is 9.07. The normalized spacial score (nSPS) is 19.3. The van der Waals surface area contributed by atoms with E-state index in [1.807, 2.05) is 38.4 Å². The number of aromatic amines is 1. The second kappa shape index (κ2) is 7.27. The van der Waals surface area contributed by atoms with E-state index in [-0.39, 0.29) is 11.5 Å². The minimum Gasteiger partial charge on any atom is -0.355 e. The number of fused-ring (bicyclic) bond motifs is 1. The number of aromatic nitrogens is 2. The van der Waals surface area contributed by atoms with Crippen LogP contribution in [0.1, 0.15) is 25.3 Å². The van der Waals surface area contributed by atoms with Crippen molar-refractivity contribution in [1.82, 2.24) is 14.9 Å². The Bertz CT molecular complexity index is 1050. The van der Waals surface area contributed by atoms with Gasteiger partial charge in [0, 0.05) is 41.9 Å². The average Bonchev–Trinajstić information content (AvgIpc) is 3.06. The number of pyridine rings is 1. The SMILES string of the molecule is C=C.Cn1ccc2cc(-c3ccc(C4(C)CCCNC4=O)c(=O)[nH]3)ccc21. The van der Waals surface area contributed by atoms with Gasteiger partial charge in [0.2, 0.25) is 5.91 Å². The maximum Gasteiger partial charge on any atom is 0.252 e. The van der Waals surface area contributed by atoms with Crippen molar-refractivity contribution in [2.24, 2.45) is 7.05 Å². The van der Waals surface area contributed by atoms with Crippen LogP contribution in [-0.2, 0) is 17.3 Å². The standard InChI is InChI=1S/C20H21N3O2.C2H4/c1-20(9-3-10-21-19(20)25)15-5-6-16(22-18(15)24)13-4-7-17-14(12-13)8-11-23(17)2;1-2/h4-8,11-12H,3,9-10H2,1-2H3,(H,21,25)(H,22,24);1-2H2. The number of aryl methyl sites for hydroxylation is 1. The van der Waals surface area contributed by atoms with Gasteiger partial charge in [-0.2, -0.15) is 0 Å². The second-order valence-electron chi connectivity index (χ2n) is 7.01. The van der Waals surface area contributed by atoms with Gasteiger partial charge in [0.15, 0.2) is 0 Å². The number of nitrogens with zero attached hydrogens (tertiary/aromatic N) is 1. The highest BCUT2D eigenvalue weighted by Crippen LogP contribution is 2.30. The van der Waals surface area contributed by atoms with Crippen molar-refractivity contribution in [2.45, 2.75) is 25.2 Å².